The van der Waals surface area contributed by atoms with E-state index in [4.69, 9.17) is 5.73 Å². The molecular formula is C16H33N3. The molecule has 3 nitrogen and oxygen atoms in total. The van der Waals surface area contributed by atoms with Crippen molar-refractivity contribution in [2.45, 2.75) is 63.5 Å². The lowest BCUT2D eigenvalue weighted by atomic mass is 9.90. The maximum Gasteiger partial charge on any atom is 0.0244 e. The van der Waals surface area contributed by atoms with Crippen molar-refractivity contribution >= 4 is 0 Å². The van der Waals surface area contributed by atoms with Gasteiger partial charge in [-0.2, -0.15) is 0 Å². The van der Waals surface area contributed by atoms with Crippen LogP contribution in [0.1, 0.15) is 51.4 Å². The summed E-state index contributed by atoms with van der Waals surface area (Å²) in [4.78, 5) is 5.10. The van der Waals surface area contributed by atoms with Gasteiger partial charge in [0, 0.05) is 25.2 Å². The Morgan fingerprint density at radius 2 is 1.79 bits per heavy atom. The highest BCUT2D eigenvalue weighted by molar-refractivity contribution is 4.85. The van der Waals surface area contributed by atoms with Crippen LogP contribution in [0.3, 0.4) is 0 Å². The van der Waals surface area contributed by atoms with Gasteiger partial charge in [0.25, 0.3) is 0 Å². The summed E-state index contributed by atoms with van der Waals surface area (Å²) in [6, 6.07) is 1.36. The number of hydrogen-bond donors (Lipinski definition) is 1. The molecule has 1 aliphatic carbocycles. The maximum absolute atomic E-state index is 6.11. The standard InChI is InChI=1S/C16H33N3/c1-18-11-7-10-15(18)13-19(2)16(12-17)14-8-5-3-4-6-9-14/h14-16H,3-13,17H2,1-2H3. The summed E-state index contributed by atoms with van der Waals surface area (Å²) in [5.41, 5.74) is 6.11. The first-order valence-corrected chi connectivity index (χ1v) is 8.33. The zero-order chi connectivity index (χ0) is 13.7. The van der Waals surface area contributed by atoms with E-state index in [1.165, 1.54) is 64.5 Å². The van der Waals surface area contributed by atoms with Gasteiger partial charge in [0.1, 0.15) is 0 Å². The van der Waals surface area contributed by atoms with E-state index in [2.05, 4.69) is 23.9 Å². The Morgan fingerprint density at radius 3 is 2.32 bits per heavy atom. The topological polar surface area (TPSA) is 32.5 Å². The molecule has 0 aromatic rings. The summed E-state index contributed by atoms with van der Waals surface area (Å²) in [5.74, 6) is 0.837. The largest absolute Gasteiger partial charge is 0.329 e. The van der Waals surface area contributed by atoms with Gasteiger partial charge in [-0.05, 0) is 52.2 Å². The van der Waals surface area contributed by atoms with Gasteiger partial charge in [0.15, 0.2) is 0 Å². The highest BCUT2D eigenvalue weighted by Crippen LogP contribution is 2.28. The monoisotopic (exact) mass is 267 g/mol. The van der Waals surface area contributed by atoms with Crippen molar-refractivity contribution in [3.8, 4) is 0 Å². The van der Waals surface area contributed by atoms with E-state index in [1.807, 2.05) is 0 Å². The van der Waals surface area contributed by atoms with Crippen molar-refractivity contribution in [1.82, 2.24) is 9.80 Å². The summed E-state index contributed by atoms with van der Waals surface area (Å²) in [6.45, 7) is 3.31. The van der Waals surface area contributed by atoms with Gasteiger partial charge < -0.3 is 15.5 Å². The minimum atomic E-state index is 0.604. The molecule has 2 rings (SSSR count). The lowest BCUT2D eigenvalue weighted by molar-refractivity contribution is 0.131. The molecule has 0 radical (unpaired) electrons. The van der Waals surface area contributed by atoms with E-state index in [1.54, 1.807) is 0 Å². The number of nitrogens with zero attached hydrogens (tertiary/aromatic N) is 2. The quantitative estimate of drug-likeness (QED) is 0.776. The molecule has 1 saturated carbocycles. The van der Waals surface area contributed by atoms with Crippen LogP contribution in [0.4, 0.5) is 0 Å². The molecule has 0 aromatic carbocycles. The van der Waals surface area contributed by atoms with Crippen LogP contribution in [0.5, 0.6) is 0 Å². The van der Waals surface area contributed by atoms with Crippen LogP contribution in [-0.4, -0.2) is 55.6 Å². The SMILES string of the molecule is CN1CCCC1CN(C)C(CN)C1CCCCCC1. The highest BCUT2D eigenvalue weighted by atomic mass is 15.2. The van der Waals surface area contributed by atoms with Gasteiger partial charge in [-0.25, -0.2) is 0 Å². The van der Waals surface area contributed by atoms with Crippen molar-refractivity contribution < 1.29 is 0 Å². The summed E-state index contributed by atoms with van der Waals surface area (Å²) in [5, 5.41) is 0. The van der Waals surface area contributed by atoms with Crippen LogP contribution in [0, 0.1) is 5.92 Å². The van der Waals surface area contributed by atoms with E-state index >= 15 is 0 Å². The zero-order valence-corrected chi connectivity index (χ0v) is 13.0. The fourth-order valence-electron chi connectivity index (χ4n) is 4.11. The second kappa shape index (κ2) is 7.61. The third-order valence-corrected chi connectivity index (χ3v) is 5.42. The summed E-state index contributed by atoms with van der Waals surface area (Å²) < 4.78 is 0. The minimum Gasteiger partial charge on any atom is -0.329 e. The van der Waals surface area contributed by atoms with E-state index in [0.717, 1.165) is 18.5 Å². The molecule has 19 heavy (non-hydrogen) atoms. The van der Waals surface area contributed by atoms with Crippen molar-refractivity contribution in [3.63, 3.8) is 0 Å². The second-order valence-electron chi connectivity index (χ2n) is 6.77. The molecule has 0 spiro atoms. The normalized spacial score (nSPS) is 28.7. The first-order chi connectivity index (χ1) is 9.22. The van der Waals surface area contributed by atoms with Crippen LogP contribution in [0.2, 0.25) is 0 Å². The average Bonchev–Trinajstić information content (AvgIpc) is 2.66. The Hall–Kier alpha value is -0.120. The van der Waals surface area contributed by atoms with Crippen molar-refractivity contribution in [3.05, 3.63) is 0 Å². The molecular weight excluding hydrogens is 234 g/mol. The van der Waals surface area contributed by atoms with Crippen LogP contribution in [-0.2, 0) is 0 Å². The molecule has 3 heteroatoms. The summed E-state index contributed by atoms with van der Waals surface area (Å²) >= 11 is 0. The molecule has 0 bridgehead atoms. The van der Waals surface area contributed by atoms with Crippen molar-refractivity contribution in [2.75, 3.05) is 33.7 Å². The van der Waals surface area contributed by atoms with Crippen LogP contribution in [0.15, 0.2) is 0 Å². The first-order valence-electron chi connectivity index (χ1n) is 8.33. The molecule has 2 atom stereocenters. The Kier molecular flexibility index (Phi) is 6.11. The Labute approximate surface area is 119 Å². The predicted molar refractivity (Wildman–Crippen MR) is 82.3 cm³/mol. The number of likely N-dealkylation sites (N-methyl/N-ethyl adjacent to an activating group) is 2. The Bertz CT molecular complexity index is 248. The maximum atomic E-state index is 6.11. The Balaban J connectivity index is 1.87. The fourth-order valence-corrected chi connectivity index (χ4v) is 4.11. The van der Waals surface area contributed by atoms with Gasteiger partial charge in [-0.1, -0.05) is 25.7 Å². The third kappa shape index (κ3) is 4.17. The van der Waals surface area contributed by atoms with Gasteiger partial charge in [-0.3, -0.25) is 0 Å². The number of likely N-dealkylation sites (tertiary alicyclic amines) is 1. The van der Waals surface area contributed by atoms with Crippen molar-refractivity contribution in [1.29, 1.82) is 0 Å². The Morgan fingerprint density at radius 1 is 1.11 bits per heavy atom. The lowest BCUT2D eigenvalue weighted by Gasteiger charge is -2.36. The smallest absolute Gasteiger partial charge is 0.0244 e. The minimum absolute atomic E-state index is 0.604. The number of rotatable bonds is 5. The van der Waals surface area contributed by atoms with Crippen LogP contribution < -0.4 is 5.73 Å². The van der Waals surface area contributed by atoms with Gasteiger partial charge >= 0.3 is 0 Å². The molecule has 2 N–H and O–H groups in total. The van der Waals surface area contributed by atoms with Crippen LogP contribution in [0.25, 0.3) is 0 Å². The van der Waals surface area contributed by atoms with Gasteiger partial charge in [0.2, 0.25) is 0 Å². The molecule has 1 aliphatic heterocycles. The predicted octanol–water partition coefficient (Wildman–Crippen LogP) is 2.31. The molecule has 0 aromatic heterocycles. The van der Waals surface area contributed by atoms with Crippen LogP contribution >= 0.6 is 0 Å². The number of hydrogen-bond acceptors (Lipinski definition) is 3. The molecule has 0 amide bonds. The molecule has 1 saturated heterocycles. The van der Waals surface area contributed by atoms with Gasteiger partial charge in [0.05, 0.1) is 0 Å². The van der Waals surface area contributed by atoms with E-state index < -0.39 is 0 Å². The van der Waals surface area contributed by atoms with Gasteiger partial charge in [-0.15, -0.1) is 0 Å². The zero-order valence-electron chi connectivity index (χ0n) is 13.0. The molecule has 2 aliphatic rings. The van der Waals surface area contributed by atoms with E-state index in [0.29, 0.717) is 6.04 Å². The van der Waals surface area contributed by atoms with E-state index in [-0.39, 0.29) is 0 Å². The number of nitrogens with two attached hydrogens (primary N) is 1. The molecule has 2 fully saturated rings. The molecule has 1 heterocycles. The second-order valence-corrected chi connectivity index (χ2v) is 6.77. The summed E-state index contributed by atoms with van der Waals surface area (Å²) in [6.07, 6.45) is 11.2. The van der Waals surface area contributed by atoms with E-state index in [9.17, 15) is 0 Å². The molecule has 112 valence electrons. The summed E-state index contributed by atoms with van der Waals surface area (Å²) in [7, 11) is 4.57. The highest BCUT2D eigenvalue weighted by Gasteiger charge is 2.28. The molecule has 2 unspecified atom stereocenters. The third-order valence-electron chi connectivity index (χ3n) is 5.42. The van der Waals surface area contributed by atoms with Crippen molar-refractivity contribution in [2.24, 2.45) is 11.7 Å². The average molecular weight is 267 g/mol. The first kappa shape index (κ1) is 15.3. The lowest BCUT2D eigenvalue weighted by Crippen LogP contribution is -2.48. The fraction of sp³-hybridized carbons (Fsp3) is 1.00.